The number of nitrogens with zero attached hydrogens (tertiary/aromatic N) is 1. The fraction of sp³-hybridized carbons (Fsp3) is 0.545. The van der Waals surface area contributed by atoms with Crippen LogP contribution < -0.4 is 4.74 Å². The molecule has 0 aliphatic heterocycles. The smallest absolute Gasteiger partial charge is 0.250 e. The fourth-order valence-electron chi connectivity index (χ4n) is 0.951. The molecule has 1 aromatic rings. The largest absolute Gasteiger partial charge is 0.472 e. The topological polar surface area (TPSA) is 22.1 Å². The second-order valence-electron chi connectivity index (χ2n) is 3.12. The number of hydrogen-bond acceptors (Lipinski definition) is 2. The standard InChI is InChI=1S/C9H10FNO.C2H6/c1-6-4-8(10)9(11-5-6)12-7-2-3-7;1-2/h4-5,7H,2-3H2,1H3;1-2H3. The third-order valence-electron chi connectivity index (χ3n) is 1.75. The highest BCUT2D eigenvalue weighted by molar-refractivity contribution is 5.19. The molecule has 0 amide bonds. The molecule has 0 unspecified atom stereocenters. The van der Waals surface area contributed by atoms with Gasteiger partial charge in [-0.3, -0.25) is 0 Å². The molecule has 2 rings (SSSR count). The molecule has 0 aromatic carbocycles. The Morgan fingerprint density at radius 1 is 1.43 bits per heavy atom. The van der Waals surface area contributed by atoms with Crippen LogP contribution in [0.15, 0.2) is 12.3 Å². The minimum atomic E-state index is -0.359. The number of aromatic nitrogens is 1. The Morgan fingerprint density at radius 3 is 2.57 bits per heavy atom. The van der Waals surface area contributed by atoms with Crippen LogP contribution >= 0.6 is 0 Å². The molecule has 0 saturated heterocycles. The van der Waals surface area contributed by atoms with Crippen molar-refractivity contribution < 1.29 is 9.13 Å². The third-order valence-corrected chi connectivity index (χ3v) is 1.75. The molecule has 1 fully saturated rings. The number of hydrogen-bond donors (Lipinski definition) is 0. The van der Waals surface area contributed by atoms with Gasteiger partial charge in [0.05, 0.1) is 0 Å². The van der Waals surface area contributed by atoms with Crippen LogP contribution in [0.25, 0.3) is 0 Å². The van der Waals surface area contributed by atoms with Crippen molar-refractivity contribution in [2.24, 2.45) is 0 Å². The Kier molecular flexibility index (Phi) is 3.86. The molecule has 78 valence electrons. The predicted molar refractivity (Wildman–Crippen MR) is 53.9 cm³/mol. The van der Waals surface area contributed by atoms with E-state index >= 15 is 0 Å². The minimum Gasteiger partial charge on any atom is -0.472 e. The molecule has 0 bridgehead atoms. The first-order valence-electron chi connectivity index (χ1n) is 5.04. The van der Waals surface area contributed by atoms with Crippen LogP contribution in [0, 0.1) is 12.7 Å². The van der Waals surface area contributed by atoms with Crippen molar-refractivity contribution in [3.63, 3.8) is 0 Å². The van der Waals surface area contributed by atoms with Gasteiger partial charge in [0, 0.05) is 6.20 Å². The maximum atomic E-state index is 13.1. The van der Waals surface area contributed by atoms with Crippen molar-refractivity contribution >= 4 is 0 Å². The summed E-state index contributed by atoms with van der Waals surface area (Å²) in [4.78, 5) is 3.86. The zero-order valence-electron chi connectivity index (χ0n) is 8.88. The van der Waals surface area contributed by atoms with Crippen molar-refractivity contribution in [3.8, 4) is 5.88 Å². The lowest BCUT2D eigenvalue weighted by atomic mass is 10.3. The monoisotopic (exact) mass is 197 g/mol. The van der Waals surface area contributed by atoms with E-state index in [0.29, 0.717) is 0 Å². The van der Waals surface area contributed by atoms with Gasteiger partial charge in [0.2, 0.25) is 0 Å². The summed E-state index contributed by atoms with van der Waals surface area (Å²) in [6, 6.07) is 1.44. The summed E-state index contributed by atoms with van der Waals surface area (Å²) in [5.41, 5.74) is 0.815. The summed E-state index contributed by atoms with van der Waals surface area (Å²) in [5.74, 6) is -0.218. The first kappa shape index (κ1) is 11.0. The second kappa shape index (κ2) is 4.94. The Morgan fingerprint density at radius 2 is 2.07 bits per heavy atom. The first-order chi connectivity index (χ1) is 6.75. The summed E-state index contributed by atoms with van der Waals surface area (Å²) in [6.45, 7) is 5.80. The van der Waals surface area contributed by atoms with Gasteiger partial charge < -0.3 is 4.74 Å². The lowest BCUT2D eigenvalue weighted by Crippen LogP contribution is -2.00. The van der Waals surface area contributed by atoms with Crippen LogP contribution in [-0.2, 0) is 0 Å². The zero-order valence-corrected chi connectivity index (χ0v) is 8.88. The second-order valence-corrected chi connectivity index (χ2v) is 3.12. The van der Waals surface area contributed by atoms with E-state index in [1.807, 2.05) is 13.8 Å². The predicted octanol–water partition coefficient (Wildman–Crippen LogP) is 3.10. The van der Waals surface area contributed by atoms with Gasteiger partial charge >= 0.3 is 0 Å². The quantitative estimate of drug-likeness (QED) is 0.726. The average Bonchev–Trinajstić information content (AvgIpc) is 2.97. The van der Waals surface area contributed by atoms with Gasteiger partial charge in [-0.15, -0.1) is 0 Å². The lowest BCUT2D eigenvalue weighted by Gasteiger charge is -2.03. The molecule has 1 aromatic heterocycles. The summed E-state index contributed by atoms with van der Waals surface area (Å²) < 4.78 is 18.3. The Hall–Kier alpha value is -1.12. The summed E-state index contributed by atoms with van der Waals surface area (Å²) in [5, 5.41) is 0. The van der Waals surface area contributed by atoms with Crippen molar-refractivity contribution in [3.05, 3.63) is 23.6 Å². The van der Waals surface area contributed by atoms with Crippen molar-refractivity contribution in [1.82, 2.24) is 4.98 Å². The number of rotatable bonds is 2. The molecule has 1 aliphatic rings. The van der Waals surface area contributed by atoms with Gasteiger partial charge in [0.1, 0.15) is 6.10 Å². The van der Waals surface area contributed by atoms with Gasteiger partial charge in [-0.25, -0.2) is 9.37 Å². The van der Waals surface area contributed by atoms with Crippen molar-refractivity contribution in [1.29, 1.82) is 0 Å². The highest BCUT2D eigenvalue weighted by Gasteiger charge is 2.25. The lowest BCUT2D eigenvalue weighted by molar-refractivity contribution is 0.274. The summed E-state index contributed by atoms with van der Waals surface area (Å²) in [6.07, 6.45) is 3.86. The van der Waals surface area contributed by atoms with Crippen molar-refractivity contribution in [2.45, 2.75) is 39.7 Å². The number of ether oxygens (including phenoxy) is 1. The molecule has 2 nitrogen and oxygen atoms in total. The van der Waals surface area contributed by atoms with E-state index in [9.17, 15) is 4.39 Å². The third kappa shape index (κ3) is 2.98. The maximum absolute atomic E-state index is 13.1. The van der Waals surface area contributed by atoms with Crippen LogP contribution in [0.5, 0.6) is 5.88 Å². The zero-order chi connectivity index (χ0) is 10.6. The van der Waals surface area contributed by atoms with Gasteiger partial charge in [-0.05, 0) is 31.4 Å². The molecule has 0 radical (unpaired) electrons. The van der Waals surface area contributed by atoms with Gasteiger partial charge in [0.25, 0.3) is 5.88 Å². The summed E-state index contributed by atoms with van der Waals surface area (Å²) >= 11 is 0. The Labute approximate surface area is 84.1 Å². The van der Waals surface area contributed by atoms with Gasteiger partial charge in [-0.2, -0.15) is 0 Å². The number of halogens is 1. The maximum Gasteiger partial charge on any atom is 0.250 e. The minimum absolute atomic E-state index is 0.142. The highest BCUT2D eigenvalue weighted by atomic mass is 19.1. The molecule has 1 heterocycles. The van der Waals surface area contributed by atoms with Crippen LogP contribution in [-0.4, -0.2) is 11.1 Å². The van der Waals surface area contributed by atoms with E-state index in [4.69, 9.17) is 4.74 Å². The van der Waals surface area contributed by atoms with Gasteiger partial charge in [-0.1, -0.05) is 13.8 Å². The van der Waals surface area contributed by atoms with Crippen LogP contribution in [0.4, 0.5) is 4.39 Å². The van der Waals surface area contributed by atoms with E-state index in [1.165, 1.54) is 6.07 Å². The van der Waals surface area contributed by atoms with Crippen molar-refractivity contribution in [2.75, 3.05) is 0 Å². The molecule has 0 atom stereocenters. The fourth-order valence-corrected chi connectivity index (χ4v) is 0.951. The normalized spacial score (nSPS) is 14.3. The Balaban J connectivity index is 0.000000461. The molecule has 0 spiro atoms. The molecule has 3 heteroatoms. The van der Waals surface area contributed by atoms with E-state index < -0.39 is 0 Å². The number of pyridine rings is 1. The van der Waals surface area contributed by atoms with Gasteiger partial charge in [0.15, 0.2) is 5.82 Å². The molecule has 14 heavy (non-hydrogen) atoms. The first-order valence-corrected chi connectivity index (χ1v) is 5.04. The molecular weight excluding hydrogens is 181 g/mol. The Bertz CT molecular complexity index is 297. The highest BCUT2D eigenvalue weighted by Crippen LogP contribution is 2.26. The molecule has 1 saturated carbocycles. The SMILES string of the molecule is CC.Cc1cnc(OC2CC2)c(F)c1. The van der Waals surface area contributed by atoms with Crippen LogP contribution in [0.1, 0.15) is 32.3 Å². The van der Waals surface area contributed by atoms with Crippen LogP contribution in [0.2, 0.25) is 0 Å². The van der Waals surface area contributed by atoms with Crippen LogP contribution in [0.3, 0.4) is 0 Å². The molecule has 0 N–H and O–H groups in total. The number of aryl methyl sites for hydroxylation is 1. The summed E-state index contributed by atoms with van der Waals surface area (Å²) in [7, 11) is 0. The molecule has 1 aliphatic carbocycles. The molecular formula is C11H16FNO. The van der Waals surface area contributed by atoms with E-state index in [0.717, 1.165) is 18.4 Å². The van der Waals surface area contributed by atoms with E-state index in [2.05, 4.69) is 4.98 Å². The average molecular weight is 197 g/mol. The van der Waals surface area contributed by atoms with E-state index in [-0.39, 0.29) is 17.8 Å². The van der Waals surface area contributed by atoms with E-state index in [1.54, 1.807) is 13.1 Å².